The summed E-state index contributed by atoms with van der Waals surface area (Å²) >= 11 is 0. The maximum atomic E-state index is 4.11. The van der Waals surface area contributed by atoms with Crippen LogP contribution in [0, 0.1) is 0 Å². The van der Waals surface area contributed by atoms with Gasteiger partial charge in [0.15, 0.2) is 0 Å². The van der Waals surface area contributed by atoms with Crippen LogP contribution in [0.3, 0.4) is 0 Å². The van der Waals surface area contributed by atoms with Crippen molar-refractivity contribution in [2.75, 3.05) is 0 Å². The predicted molar refractivity (Wildman–Crippen MR) is 67.2 cm³/mol. The second kappa shape index (κ2) is 5.50. The summed E-state index contributed by atoms with van der Waals surface area (Å²) in [5.74, 6) is 0.575. The Kier molecular flexibility index (Phi) is 4.29. The van der Waals surface area contributed by atoms with Crippen molar-refractivity contribution in [2.24, 2.45) is 0 Å². The van der Waals surface area contributed by atoms with Gasteiger partial charge in [-0.2, -0.15) is 0 Å². The highest BCUT2D eigenvalue weighted by Crippen LogP contribution is 2.23. The molecule has 1 heteroatoms. The molecule has 1 aromatic carbocycles. The summed E-state index contributed by atoms with van der Waals surface area (Å²) in [6, 6.07) is 8.48. The third-order valence-electron chi connectivity index (χ3n) is 2.34. The first-order valence-electron chi connectivity index (χ1n) is 5.61. The molecule has 0 atom stereocenters. The normalized spacial score (nSPS) is 9.93. The topological polar surface area (TPSA) is 12.9 Å². The van der Waals surface area contributed by atoms with Crippen LogP contribution in [0.15, 0.2) is 36.7 Å². The number of rotatable bonds is 1. The van der Waals surface area contributed by atoms with Gasteiger partial charge in [0.25, 0.3) is 0 Å². The van der Waals surface area contributed by atoms with E-state index in [4.69, 9.17) is 0 Å². The summed E-state index contributed by atoms with van der Waals surface area (Å²) in [6.45, 7) is 8.43. The van der Waals surface area contributed by atoms with Gasteiger partial charge in [0, 0.05) is 17.8 Å². The molecule has 0 amide bonds. The molecule has 15 heavy (non-hydrogen) atoms. The fourth-order valence-electron chi connectivity index (χ4n) is 1.65. The first kappa shape index (κ1) is 11.7. The zero-order valence-electron chi connectivity index (χ0n) is 9.99. The quantitative estimate of drug-likeness (QED) is 0.667. The Balaban J connectivity index is 0.000000531. The highest BCUT2D eigenvalue weighted by molar-refractivity contribution is 5.85. The van der Waals surface area contributed by atoms with Crippen molar-refractivity contribution in [2.45, 2.75) is 33.6 Å². The van der Waals surface area contributed by atoms with E-state index in [0.717, 1.165) is 0 Å². The van der Waals surface area contributed by atoms with Crippen LogP contribution >= 0.6 is 0 Å². The zero-order chi connectivity index (χ0) is 11.3. The molecule has 0 radical (unpaired) electrons. The molecule has 0 unspecified atom stereocenters. The molecule has 0 N–H and O–H groups in total. The van der Waals surface area contributed by atoms with Crippen LogP contribution in [0.25, 0.3) is 10.8 Å². The van der Waals surface area contributed by atoms with E-state index in [1.807, 2.05) is 26.2 Å². The molecule has 0 bridgehead atoms. The summed E-state index contributed by atoms with van der Waals surface area (Å²) in [6.07, 6.45) is 3.77. The Hall–Kier alpha value is -1.37. The number of nitrogens with zero attached hydrogens (tertiary/aromatic N) is 1. The molecule has 0 saturated heterocycles. The summed E-state index contributed by atoms with van der Waals surface area (Å²) < 4.78 is 0. The molecule has 0 aliphatic rings. The largest absolute Gasteiger partial charge is 0.264 e. The van der Waals surface area contributed by atoms with Crippen molar-refractivity contribution in [1.82, 2.24) is 4.98 Å². The number of aromatic nitrogens is 1. The molecule has 1 heterocycles. The van der Waals surface area contributed by atoms with Gasteiger partial charge in [0.05, 0.1) is 0 Å². The van der Waals surface area contributed by atoms with Crippen LogP contribution in [0.1, 0.15) is 39.2 Å². The smallest absolute Gasteiger partial charge is 0.0346 e. The summed E-state index contributed by atoms with van der Waals surface area (Å²) in [4.78, 5) is 4.11. The van der Waals surface area contributed by atoms with Gasteiger partial charge in [-0.25, -0.2) is 0 Å². The van der Waals surface area contributed by atoms with Crippen molar-refractivity contribution in [3.63, 3.8) is 0 Å². The maximum Gasteiger partial charge on any atom is 0.0346 e. The lowest BCUT2D eigenvalue weighted by Gasteiger charge is -2.08. The van der Waals surface area contributed by atoms with Crippen LogP contribution in [0.5, 0.6) is 0 Å². The Bertz CT molecular complexity index is 413. The van der Waals surface area contributed by atoms with E-state index in [-0.39, 0.29) is 0 Å². The first-order chi connectivity index (χ1) is 7.29. The first-order valence-corrected chi connectivity index (χ1v) is 5.61. The molecule has 1 nitrogen and oxygen atoms in total. The summed E-state index contributed by atoms with van der Waals surface area (Å²) in [5.41, 5.74) is 1.40. The molecule has 2 aromatic rings. The minimum absolute atomic E-state index is 0.575. The van der Waals surface area contributed by atoms with E-state index in [2.05, 4.69) is 43.1 Å². The third kappa shape index (κ3) is 2.56. The summed E-state index contributed by atoms with van der Waals surface area (Å²) in [5, 5.41) is 2.56. The molecule has 80 valence electrons. The fourth-order valence-corrected chi connectivity index (χ4v) is 1.65. The number of benzene rings is 1. The summed E-state index contributed by atoms with van der Waals surface area (Å²) in [7, 11) is 0. The van der Waals surface area contributed by atoms with Gasteiger partial charge >= 0.3 is 0 Å². The second-order valence-corrected chi connectivity index (χ2v) is 3.60. The number of hydrogen-bond acceptors (Lipinski definition) is 1. The Labute approximate surface area is 92.2 Å². The standard InChI is InChI=1S/C12H13N.C2H6/c1-9(2)11-5-3-4-10-8-13-7-6-12(10)11;1-2/h3-9H,1-2H3;1-2H3. The minimum atomic E-state index is 0.575. The van der Waals surface area contributed by atoms with E-state index in [9.17, 15) is 0 Å². The van der Waals surface area contributed by atoms with Crippen molar-refractivity contribution in [3.05, 3.63) is 42.2 Å². The predicted octanol–water partition coefficient (Wildman–Crippen LogP) is 4.38. The molecule has 2 rings (SSSR count). The third-order valence-corrected chi connectivity index (χ3v) is 2.34. The van der Waals surface area contributed by atoms with E-state index < -0.39 is 0 Å². The monoisotopic (exact) mass is 201 g/mol. The highest BCUT2D eigenvalue weighted by Gasteiger charge is 2.03. The lowest BCUT2D eigenvalue weighted by Crippen LogP contribution is -1.88. The van der Waals surface area contributed by atoms with Crippen LogP contribution in [-0.4, -0.2) is 4.98 Å². The van der Waals surface area contributed by atoms with Gasteiger partial charge in [-0.1, -0.05) is 45.9 Å². The highest BCUT2D eigenvalue weighted by atomic mass is 14.6. The molecule has 0 aliphatic carbocycles. The lowest BCUT2D eigenvalue weighted by atomic mass is 9.97. The van der Waals surface area contributed by atoms with E-state index in [0.29, 0.717) is 5.92 Å². The van der Waals surface area contributed by atoms with Crippen LogP contribution in [-0.2, 0) is 0 Å². The molecule has 0 fully saturated rings. The molecular formula is C14H19N. The second-order valence-electron chi connectivity index (χ2n) is 3.60. The molecular weight excluding hydrogens is 182 g/mol. The van der Waals surface area contributed by atoms with Gasteiger partial charge in [0.2, 0.25) is 0 Å². The zero-order valence-corrected chi connectivity index (χ0v) is 9.99. The molecule has 0 saturated carbocycles. The molecule has 0 aliphatic heterocycles. The average Bonchev–Trinajstić information content (AvgIpc) is 2.31. The number of pyridine rings is 1. The van der Waals surface area contributed by atoms with Gasteiger partial charge in [-0.05, 0) is 22.9 Å². The van der Waals surface area contributed by atoms with Crippen LogP contribution in [0.2, 0.25) is 0 Å². The van der Waals surface area contributed by atoms with Gasteiger partial charge in [-0.15, -0.1) is 0 Å². The molecule has 0 spiro atoms. The number of fused-ring (bicyclic) bond motifs is 1. The Morgan fingerprint density at radius 2 is 1.80 bits per heavy atom. The van der Waals surface area contributed by atoms with E-state index >= 15 is 0 Å². The Morgan fingerprint density at radius 3 is 2.47 bits per heavy atom. The number of hydrogen-bond donors (Lipinski definition) is 0. The lowest BCUT2D eigenvalue weighted by molar-refractivity contribution is 0.876. The maximum absolute atomic E-state index is 4.11. The van der Waals surface area contributed by atoms with Gasteiger partial charge in [0.1, 0.15) is 0 Å². The minimum Gasteiger partial charge on any atom is -0.264 e. The average molecular weight is 201 g/mol. The van der Waals surface area contributed by atoms with Crippen molar-refractivity contribution >= 4 is 10.8 Å². The van der Waals surface area contributed by atoms with Crippen LogP contribution < -0.4 is 0 Å². The van der Waals surface area contributed by atoms with Crippen molar-refractivity contribution in [1.29, 1.82) is 0 Å². The van der Waals surface area contributed by atoms with Crippen LogP contribution in [0.4, 0.5) is 0 Å². The van der Waals surface area contributed by atoms with E-state index in [1.54, 1.807) is 0 Å². The van der Waals surface area contributed by atoms with Gasteiger partial charge < -0.3 is 0 Å². The Morgan fingerprint density at radius 1 is 1.07 bits per heavy atom. The fraction of sp³-hybridized carbons (Fsp3) is 0.357. The van der Waals surface area contributed by atoms with Crippen molar-refractivity contribution in [3.8, 4) is 0 Å². The molecule has 1 aromatic heterocycles. The van der Waals surface area contributed by atoms with Crippen molar-refractivity contribution < 1.29 is 0 Å². The SMILES string of the molecule is CC.CC(C)c1cccc2cnccc12. The van der Waals surface area contributed by atoms with E-state index in [1.165, 1.54) is 16.3 Å². The van der Waals surface area contributed by atoms with Gasteiger partial charge in [-0.3, -0.25) is 4.98 Å².